The lowest BCUT2D eigenvalue weighted by atomic mass is 10.1. The van der Waals surface area contributed by atoms with Gasteiger partial charge in [-0.2, -0.15) is 0 Å². The quantitative estimate of drug-likeness (QED) is 0.433. The van der Waals surface area contributed by atoms with E-state index < -0.39 is 0 Å². The lowest BCUT2D eigenvalue weighted by Crippen LogP contribution is -1.85. The first kappa shape index (κ1) is 10.6. The summed E-state index contributed by atoms with van der Waals surface area (Å²) in [6.07, 6.45) is 0.926. The molecule has 4 heteroatoms. The Morgan fingerprint density at radius 2 is 2.29 bits per heavy atom. The summed E-state index contributed by atoms with van der Waals surface area (Å²) in [7, 11) is 0. The van der Waals surface area contributed by atoms with Crippen molar-refractivity contribution in [3.05, 3.63) is 32.2 Å². The Hall–Kier alpha value is 0.0600. The van der Waals surface area contributed by atoms with Gasteiger partial charge < -0.3 is 0 Å². The highest BCUT2D eigenvalue weighted by atomic mass is 127. The zero-order valence-corrected chi connectivity index (χ0v) is 11.6. The van der Waals surface area contributed by atoms with E-state index in [2.05, 4.69) is 43.9 Å². The molecule has 0 bridgehead atoms. The third-order valence-corrected chi connectivity index (χ3v) is 4.99. The molecule has 14 heavy (non-hydrogen) atoms. The van der Waals surface area contributed by atoms with Gasteiger partial charge in [0.05, 0.1) is 0 Å². The lowest BCUT2D eigenvalue weighted by molar-refractivity contribution is 0.112. The van der Waals surface area contributed by atoms with E-state index in [4.69, 9.17) is 0 Å². The molecule has 0 saturated heterocycles. The molecule has 72 valence electrons. The molecule has 0 amide bonds. The van der Waals surface area contributed by atoms with Gasteiger partial charge in [0.1, 0.15) is 0 Å². The van der Waals surface area contributed by atoms with Crippen molar-refractivity contribution in [3.63, 3.8) is 0 Å². The van der Waals surface area contributed by atoms with Crippen molar-refractivity contribution in [3.8, 4) is 0 Å². The minimum absolute atomic E-state index is 0.787. The van der Waals surface area contributed by atoms with E-state index in [0.29, 0.717) is 0 Å². The second kappa shape index (κ2) is 4.28. The molecule has 1 nitrogen and oxygen atoms in total. The molecular weight excluding hydrogens is 375 g/mol. The van der Waals surface area contributed by atoms with Crippen molar-refractivity contribution < 1.29 is 4.79 Å². The predicted molar refractivity (Wildman–Crippen MR) is 72.6 cm³/mol. The van der Waals surface area contributed by atoms with Gasteiger partial charge in [-0.3, -0.25) is 4.79 Å². The van der Waals surface area contributed by atoms with Crippen molar-refractivity contribution in [2.24, 2.45) is 0 Å². The van der Waals surface area contributed by atoms with Crippen LogP contribution < -0.4 is 0 Å². The number of carbonyl (C=O) groups is 1. The molecule has 0 unspecified atom stereocenters. The van der Waals surface area contributed by atoms with Crippen LogP contribution in [0.1, 0.15) is 15.9 Å². The number of hydrogen-bond acceptors (Lipinski definition) is 2. The smallest absolute Gasteiger partial charge is 0.150 e. The van der Waals surface area contributed by atoms with E-state index in [1.54, 1.807) is 11.3 Å². The van der Waals surface area contributed by atoms with Crippen LogP contribution in [0.3, 0.4) is 0 Å². The number of benzene rings is 1. The van der Waals surface area contributed by atoms with Crippen LogP contribution in [0.5, 0.6) is 0 Å². The number of fused-ring (bicyclic) bond motifs is 1. The third kappa shape index (κ3) is 1.63. The van der Waals surface area contributed by atoms with Gasteiger partial charge in [-0.25, -0.2) is 0 Å². The van der Waals surface area contributed by atoms with Gasteiger partial charge >= 0.3 is 0 Å². The summed E-state index contributed by atoms with van der Waals surface area (Å²) < 4.78 is 2.38. The molecule has 0 saturated carbocycles. The van der Waals surface area contributed by atoms with Crippen LogP contribution >= 0.6 is 49.9 Å². The SMILES string of the molecule is O=Cc1ccc(CBr)c2scc(I)c12. The van der Waals surface area contributed by atoms with Crippen LogP contribution in [0.4, 0.5) is 0 Å². The van der Waals surface area contributed by atoms with Gasteiger partial charge in [0.2, 0.25) is 0 Å². The fourth-order valence-corrected chi connectivity index (χ4v) is 4.17. The molecule has 0 aliphatic heterocycles. The van der Waals surface area contributed by atoms with E-state index in [0.717, 1.165) is 26.1 Å². The molecule has 0 atom stereocenters. The topological polar surface area (TPSA) is 17.1 Å². The largest absolute Gasteiger partial charge is 0.298 e. The number of alkyl halides is 1. The first-order valence-corrected chi connectivity index (χ1v) is 7.05. The third-order valence-electron chi connectivity index (χ3n) is 2.06. The highest BCUT2D eigenvalue weighted by Crippen LogP contribution is 2.33. The summed E-state index contributed by atoms with van der Waals surface area (Å²) >= 11 is 7.42. The van der Waals surface area contributed by atoms with Crippen molar-refractivity contribution in [2.75, 3.05) is 0 Å². The van der Waals surface area contributed by atoms with E-state index in [1.165, 1.54) is 10.3 Å². The fraction of sp³-hybridized carbons (Fsp3) is 0.100. The highest BCUT2D eigenvalue weighted by molar-refractivity contribution is 14.1. The van der Waals surface area contributed by atoms with Crippen LogP contribution in [0.2, 0.25) is 0 Å². The average Bonchev–Trinajstić information content (AvgIpc) is 2.60. The first-order valence-electron chi connectivity index (χ1n) is 3.97. The maximum Gasteiger partial charge on any atom is 0.150 e. The molecule has 2 aromatic rings. The van der Waals surface area contributed by atoms with Gasteiger partial charge in [0.25, 0.3) is 0 Å². The fourth-order valence-electron chi connectivity index (χ4n) is 1.40. The molecule has 1 heterocycles. The number of halogens is 2. The minimum Gasteiger partial charge on any atom is -0.298 e. The molecule has 1 aromatic heterocycles. The van der Waals surface area contributed by atoms with Crippen LogP contribution in [0.15, 0.2) is 17.5 Å². The van der Waals surface area contributed by atoms with Crippen LogP contribution in [-0.4, -0.2) is 6.29 Å². The second-order valence-corrected chi connectivity index (χ2v) is 5.46. The normalized spacial score (nSPS) is 10.7. The average molecular weight is 381 g/mol. The zero-order chi connectivity index (χ0) is 10.1. The summed E-state index contributed by atoms with van der Waals surface area (Å²) in [5.41, 5.74) is 2.04. The summed E-state index contributed by atoms with van der Waals surface area (Å²) in [4.78, 5) is 10.9. The lowest BCUT2D eigenvalue weighted by Gasteiger charge is -2.00. The molecular formula is C10H6BrIOS. The Morgan fingerprint density at radius 3 is 2.93 bits per heavy atom. The maximum absolute atomic E-state index is 10.9. The van der Waals surface area contributed by atoms with Crippen LogP contribution in [-0.2, 0) is 5.33 Å². The Labute approximate surface area is 108 Å². The Morgan fingerprint density at radius 1 is 1.50 bits per heavy atom. The van der Waals surface area contributed by atoms with Gasteiger partial charge in [-0.05, 0) is 28.2 Å². The zero-order valence-electron chi connectivity index (χ0n) is 7.09. The van der Waals surface area contributed by atoms with Crippen molar-refractivity contribution in [2.45, 2.75) is 5.33 Å². The number of aldehydes is 1. The minimum atomic E-state index is 0.787. The molecule has 0 aliphatic rings. The summed E-state index contributed by atoms with van der Waals surface area (Å²) in [6.45, 7) is 0. The molecule has 0 fully saturated rings. The number of rotatable bonds is 2. The van der Waals surface area contributed by atoms with Gasteiger partial charge in [-0.15, -0.1) is 11.3 Å². The first-order chi connectivity index (χ1) is 6.77. The van der Waals surface area contributed by atoms with E-state index in [9.17, 15) is 4.79 Å². The van der Waals surface area contributed by atoms with Crippen molar-refractivity contribution in [1.82, 2.24) is 0 Å². The molecule has 0 aliphatic carbocycles. The van der Waals surface area contributed by atoms with Crippen molar-refractivity contribution >= 4 is 66.2 Å². The summed E-state index contributed by atoms with van der Waals surface area (Å²) in [5.74, 6) is 0. The number of carbonyl (C=O) groups excluding carboxylic acids is 1. The summed E-state index contributed by atoms with van der Waals surface area (Å²) in [5, 5.41) is 4.02. The van der Waals surface area contributed by atoms with E-state index in [1.807, 2.05) is 12.1 Å². The van der Waals surface area contributed by atoms with Gasteiger partial charge in [-0.1, -0.05) is 28.1 Å². The molecule has 1 aromatic carbocycles. The molecule has 0 N–H and O–H groups in total. The standard InChI is InChI=1S/C10H6BrIOS/c11-3-6-1-2-7(4-13)9-8(12)5-14-10(6)9/h1-2,4-5H,3H2. The summed E-state index contributed by atoms with van der Waals surface area (Å²) in [6, 6.07) is 3.90. The Kier molecular flexibility index (Phi) is 3.23. The number of thiophene rings is 1. The van der Waals surface area contributed by atoms with E-state index >= 15 is 0 Å². The maximum atomic E-state index is 10.9. The molecule has 0 spiro atoms. The predicted octanol–water partition coefficient (Wildman–Crippen LogP) is 4.21. The van der Waals surface area contributed by atoms with E-state index in [-0.39, 0.29) is 0 Å². The second-order valence-electron chi connectivity index (χ2n) is 2.85. The Balaban J connectivity index is 2.87. The Bertz CT molecular complexity index is 492. The van der Waals surface area contributed by atoms with Crippen LogP contribution in [0.25, 0.3) is 10.1 Å². The highest BCUT2D eigenvalue weighted by Gasteiger charge is 2.09. The monoisotopic (exact) mass is 380 g/mol. The number of hydrogen-bond donors (Lipinski definition) is 0. The van der Waals surface area contributed by atoms with Gasteiger partial charge in [0.15, 0.2) is 6.29 Å². The van der Waals surface area contributed by atoms with Gasteiger partial charge in [0, 0.05) is 29.9 Å². The van der Waals surface area contributed by atoms with Crippen LogP contribution in [0, 0.1) is 3.57 Å². The molecule has 0 radical (unpaired) electrons. The molecule has 2 rings (SSSR count). The van der Waals surface area contributed by atoms with Crippen molar-refractivity contribution in [1.29, 1.82) is 0 Å².